The van der Waals surface area contributed by atoms with Gasteiger partial charge in [0.1, 0.15) is 0 Å². The summed E-state index contributed by atoms with van der Waals surface area (Å²) >= 11 is 6.12. The molecular weight excluding hydrogens is 256 g/mol. The van der Waals surface area contributed by atoms with Crippen molar-refractivity contribution in [2.75, 3.05) is 11.9 Å². The van der Waals surface area contributed by atoms with Crippen LogP contribution in [0.15, 0.2) is 48.5 Å². The minimum Gasteiger partial charge on any atom is -0.383 e. The summed E-state index contributed by atoms with van der Waals surface area (Å²) in [4.78, 5) is 0. The fourth-order valence-electron chi connectivity index (χ4n) is 1.89. The minimum atomic E-state index is 0.396. The van der Waals surface area contributed by atoms with Crippen LogP contribution in [-0.2, 0) is 0 Å². The maximum absolute atomic E-state index is 8.79. The molecule has 2 rings (SSSR count). The predicted octanol–water partition coefficient (Wildman–Crippen LogP) is 4.43. The molecule has 1 unspecified atom stereocenters. The Labute approximate surface area is 118 Å². The quantitative estimate of drug-likeness (QED) is 0.892. The highest BCUT2D eigenvalue weighted by Crippen LogP contribution is 2.24. The molecule has 2 nitrogen and oxygen atoms in total. The predicted molar refractivity (Wildman–Crippen MR) is 79.5 cm³/mol. The molecule has 0 aliphatic carbocycles. The van der Waals surface area contributed by atoms with Crippen molar-refractivity contribution >= 4 is 17.3 Å². The second-order valence-electron chi connectivity index (χ2n) is 4.50. The SMILES string of the molecule is CC(CNc1ccc(C#N)cc1Cl)c1ccccc1. The minimum absolute atomic E-state index is 0.396. The van der Waals surface area contributed by atoms with E-state index in [0.717, 1.165) is 12.2 Å². The zero-order valence-corrected chi connectivity index (χ0v) is 11.5. The first kappa shape index (κ1) is 13.5. The van der Waals surface area contributed by atoms with Gasteiger partial charge in [-0.3, -0.25) is 0 Å². The van der Waals surface area contributed by atoms with Crippen molar-refractivity contribution in [2.24, 2.45) is 0 Å². The summed E-state index contributed by atoms with van der Waals surface area (Å²) in [6, 6.07) is 17.7. The number of rotatable bonds is 4. The molecule has 1 atom stereocenters. The summed E-state index contributed by atoms with van der Waals surface area (Å²) in [5.74, 6) is 0.396. The molecule has 0 amide bonds. The molecule has 0 aliphatic heterocycles. The molecule has 2 aromatic carbocycles. The monoisotopic (exact) mass is 270 g/mol. The van der Waals surface area contributed by atoms with Crippen LogP contribution < -0.4 is 5.32 Å². The van der Waals surface area contributed by atoms with Crippen molar-refractivity contribution in [2.45, 2.75) is 12.8 Å². The van der Waals surface area contributed by atoms with Crippen LogP contribution in [0, 0.1) is 11.3 Å². The maximum Gasteiger partial charge on any atom is 0.0992 e. The van der Waals surface area contributed by atoms with Crippen molar-refractivity contribution < 1.29 is 0 Å². The molecule has 0 aliphatic rings. The van der Waals surface area contributed by atoms with Gasteiger partial charge in [-0.1, -0.05) is 48.9 Å². The molecule has 0 radical (unpaired) electrons. The van der Waals surface area contributed by atoms with Crippen molar-refractivity contribution in [3.8, 4) is 6.07 Å². The third-order valence-corrected chi connectivity index (χ3v) is 3.38. The van der Waals surface area contributed by atoms with Crippen LogP contribution in [0.25, 0.3) is 0 Å². The van der Waals surface area contributed by atoms with Crippen molar-refractivity contribution in [1.82, 2.24) is 0 Å². The Morgan fingerprint density at radius 3 is 2.58 bits per heavy atom. The van der Waals surface area contributed by atoms with Crippen LogP contribution in [0.4, 0.5) is 5.69 Å². The number of anilines is 1. The van der Waals surface area contributed by atoms with Gasteiger partial charge in [-0.25, -0.2) is 0 Å². The average Bonchev–Trinajstić information content (AvgIpc) is 2.46. The van der Waals surface area contributed by atoms with Gasteiger partial charge in [0.2, 0.25) is 0 Å². The summed E-state index contributed by atoms with van der Waals surface area (Å²) in [6.07, 6.45) is 0. The topological polar surface area (TPSA) is 35.8 Å². The molecule has 19 heavy (non-hydrogen) atoms. The van der Waals surface area contributed by atoms with Crippen LogP contribution in [0.5, 0.6) is 0 Å². The number of nitrogens with zero attached hydrogens (tertiary/aromatic N) is 1. The number of halogens is 1. The zero-order chi connectivity index (χ0) is 13.7. The lowest BCUT2D eigenvalue weighted by molar-refractivity contribution is 0.805. The summed E-state index contributed by atoms with van der Waals surface area (Å²) in [7, 11) is 0. The number of benzene rings is 2. The van der Waals surface area contributed by atoms with Gasteiger partial charge in [0.05, 0.1) is 22.3 Å². The smallest absolute Gasteiger partial charge is 0.0992 e. The Hall–Kier alpha value is -1.98. The Balaban J connectivity index is 2.01. The van der Waals surface area contributed by atoms with E-state index in [0.29, 0.717) is 16.5 Å². The van der Waals surface area contributed by atoms with Crippen LogP contribution in [0.3, 0.4) is 0 Å². The van der Waals surface area contributed by atoms with Gasteiger partial charge in [-0.05, 0) is 29.7 Å². The summed E-state index contributed by atoms with van der Waals surface area (Å²) in [5, 5.41) is 12.7. The summed E-state index contributed by atoms with van der Waals surface area (Å²) in [5.41, 5.74) is 2.73. The second kappa shape index (κ2) is 6.26. The van der Waals surface area contributed by atoms with Crippen molar-refractivity contribution in [1.29, 1.82) is 5.26 Å². The van der Waals surface area contributed by atoms with Crippen molar-refractivity contribution in [3.63, 3.8) is 0 Å². The number of hydrogen-bond acceptors (Lipinski definition) is 2. The second-order valence-corrected chi connectivity index (χ2v) is 4.91. The highest BCUT2D eigenvalue weighted by molar-refractivity contribution is 6.33. The fourth-order valence-corrected chi connectivity index (χ4v) is 2.14. The lowest BCUT2D eigenvalue weighted by Crippen LogP contribution is -2.10. The van der Waals surface area contributed by atoms with E-state index in [-0.39, 0.29) is 0 Å². The first-order valence-electron chi connectivity index (χ1n) is 6.19. The van der Waals surface area contributed by atoms with E-state index in [2.05, 4.69) is 30.4 Å². The molecule has 96 valence electrons. The lowest BCUT2D eigenvalue weighted by atomic mass is 10.0. The summed E-state index contributed by atoms with van der Waals surface area (Å²) < 4.78 is 0. The van der Waals surface area contributed by atoms with E-state index < -0.39 is 0 Å². The Kier molecular flexibility index (Phi) is 4.43. The van der Waals surface area contributed by atoms with Gasteiger partial charge in [0, 0.05) is 6.54 Å². The molecule has 0 aromatic heterocycles. The molecule has 0 spiro atoms. The zero-order valence-electron chi connectivity index (χ0n) is 10.7. The highest BCUT2D eigenvalue weighted by atomic mass is 35.5. The third kappa shape index (κ3) is 3.49. The van der Waals surface area contributed by atoms with Crippen LogP contribution >= 0.6 is 11.6 Å². The molecule has 0 saturated carbocycles. The van der Waals surface area contributed by atoms with Crippen LogP contribution in [0.2, 0.25) is 5.02 Å². The maximum atomic E-state index is 8.79. The fraction of sp³-hybridized carbons (Fsp3) is 0.188. The highest BCUT2D eigenvalue weighted by Gasteiger charge is 2.06. The Bertz CT molecular complexity index is 587. The van der Waals surface area contributed by atoms with Gasteiger partial charge < -0.3 is 5.32 Å². The molecular formula is C16H15ClN2. The van der Waals surface area contributed by atoms with E-state index in [9.17, 15) is 0 Å². The van der Waals surface area contributed by atoms with Gasteiger partial charge >= 0.3 is 0 Å². The standard InChI is InChI=1S/C16H15ClN2/c1-12(14-5-3-2-4-6-14)11-19-16-8-7-13(10-18)9-15(16)17/h2-9,12,19H,11H2,1H3. The first-order valence-corrected chi connectivity index (χ1v) is 6.57. The van der Waals surface area contributed by atoms with Gasteiger partial charge in [-0.2, -0.15) is 5.26 Å². The van der Waals surface area contributed by atoms with E-state index in [4.69, 9.17) is 16.9 Å². The molecule has 1 N–H and O–H groups in total. The third-order valence-electron chi connectivity index (χ3n) is 3.07. The normalized spacial score (nSPS) is 11.6. The first-order chi connectivity index (χ1) is 9.20. The van der Waals surface area contributed by atoms with Crippen molar-refractivity contribution in [3.05, 3.63) is 64.7 Å². The summed E-state index contributed by atoms with van der Waals surface area (Å²) in [6.45, 7) is 2.97. The van der Waals surface area contributed by atoms with E-state index in [1.54, 1.807) is 12.1 Å². The molecule has 0 fully saturated rings. The van der Waals surface area contributed by atoms with Gasteiger partial charge in [0.15, 0.2) is 0 Å². The molecule has 3 heteroatoms. The Morgan fingerprint density at radius 2 is 1.95 bits per heavy atom. The van der Waals surface area contributed by atoms with E-state index in [1.165, 1.54) is 5.56 Å². The number of nitriles is 1. The van der Waals surface area contributed by atoms with Gasteiger partial charge in [-0.15, -0.1) is 0 Å². The van der Waals surface area contributed by atoms with Gasteiger partial charge in [0.25, 0.3) is 0 Å². The van der Waals surface area contributed by atoms with E-state index >= 15 is 0 Å². The average molecular weight is 271 g/mol. The van der Waals surface area contributed by atoms with E-state index in [1.807, 2.05) is 24.3 Å². The van der Waals surface area contributed by atoms with Crippen LogP contribution in [-0.4, -0.2) is 6.54 Å². The largest absolute Gasteiger partial charge is 0.383 e. The number of nitrogens with one attached hydrogen (secondary N) is 1. The number of hydrogen-bond donors (Lipinski definition) is 1. The molecule has 0 bridgehead atoms. The Morgan fingerprint density at radius 1 is 1.21 bits per heavy atom. The molecule has 0 heterocycles. The molecule has 2 aromatic rings. The lowest BCUT2D eigenvalue weighted by Gasteiger charge is -2.15. The van der Waals surface area contributed by atoms with Crippen LogP contribution in [0.1, 0.15) is 24.0 Å². The molecule has 0 saturated heterocycles.